The molecule has 0 bridgehead atoms. The molecule has 4 nitrogen and oxygen atoms in total. The monoisotopic (exact) mass is 198 g/mol. The van der Waals surface area contributed by atoms with Crippen LogP contribution in [0.25, 0.3) is 0 Å². The van der Waals surface area contributed by atoms with Gasteiger partial charge in [0.1, 0.15) is 0 Å². The fourth-order valence-corrected chi connectivity index (χ4v) is 0.616. The minimum atomic E-state index is -0.730. The van der Waals surface area contributed by atoms with Crippen molar-refractivity contribution in [1.82, 2.24) is 0 Å². The zero-order chi connectivity index (χ0) is 11.1. The Morgan fingerprint density at radius 1 is 1.36 bits per heavy atom. The second kappa shape index (κ2) is 6.10. The highest BCUT2D eigenvalue weighted by molar-refractivity contribution is 6.00. The second-order valence-electron chi connectivity index (χ2n) is 2.86. The summed E-state index contributed by atoms with van der Waals surface area (Å²) in [5.41, 5.74) is 0.474. The molecule has 0 saturated heterocycles. The smallest absolute Gasteiger partial charge is 0.341 e. The molecular weight excluding hydrogens is 184 g/mol. The Hall–Kier alpha value is -1.42. The van der Waals surface area contributed by atoms with E-state index in [1.807, 2.05) is 0 Å². The average Bonchev–Trinajstić information content (AvgIpc) is 2.13. The van der Waals surface area contributed by atoms with Crippen molar-refractivity contribution >= 4 is 11.9 Å². The zero-order valence-electron chi connectivity index (χ0n) is 8.37. The molecule has 4 heteroatoms. The van der Waals surface area contributed by atoms with Crippen LogP contribution >= 0.6 is 0 Å². The van der Waals surface area contributed by atoms with E-state index in [0.717, 1.165) is 0 Å². The minimum Gasteiger partial charge on any atom is -0.396 e. The molecule has 0 aliphatic heterocycles. The summed E-state index contributed by atoms with van der Waals surface area (Å²) >= 11 is 0. The summed E-state index contributed by atoms with van der Waals surface area (Å²) in [4.78, 5) is 22.0. The Morgan fingerprint density at radius 2 is 1.93 bits per heavy atom. The summed E-state index contributed by atoms with van der Waals surface area (Å²) in [5, 5.41) is 8.49. The van der Waals surface area contributed by atoms with Gasteiger partial charge < -0.3 is 9.84 Å². The molecule has 0 aliphatic carbocycles. The molecule has 0 fully saturated rings. The van der Waals surface area contributed by atoms with Crippen LogP contribution in [0.3, 0.4) is 0 Å². The molecule has 0 saturated carbocycles. The van der Waals surface area contributed by atoms with Crippen molar-refractivity contribution in [3.63, 3.8) is 0 Å². The lowest BCUT2D eigenvalue weighted by molar-refractivity contribution is -0.153. The zero-order valence-corrected chi connectivity index (χ0v) is 8.37. The highest BCUT2D eigenvalue weighted by Crippen LogP contribution is 2.01. The number of esters is 2. The number of carbonyl (C=O) groups is 2. The van der Waals surface area contributed by atoms with Crippen molar-refractivity contribution in [3.8, 4) is 0 Å². The van der Waals surface area contributed by atoms with Gasteiger partial charge in [0, 0.05) is 17.8 Å². The van der Waals surface area contributed by atoms with Gasteiger partial charge in [0.2, 0.25) is 0 Å². The first-order valence-corrected chi connectivity index (χ1v) is 4.18. The van der Waals surface area contributed by atoms with Crippen LogP contribution in [0.1, 0.15) is 20.3 Å². The molecule has 0 aromatic rings. The van der Waals surface area contributed by atoms with Crippen LogP contribution in [-0.4, -0.2) is 23.7 Å². The Labute approximate surface area is 82.9 Å². The van der Waals surface area contributed by atoms with Crippen LogP contribution in [0.2, 0.25) is 0 Å². The van der Waals surface area contributed by atoms with Gasteiger partial charge in [-0.25, -0.2) is 9.59 Å². The average molecular weight is 198 g/mol. The van der Waals surface area contributed by atoms with Crippen molar-refractivity contribution in [1.29, 1.82) is 0 Å². The third kappa shape index (κ3) is 4.57. The molecule has 78 valence electrons. The lowest BCUT2D eigenvalue weighted by Gasteiger charge is -2.01. The second-order valence-corrected chi connectivity index (χ2v) is 2.86. The van der Waals surface area contributed by atoms with Gasteiger partial charge in [-0.3, -0.25) is 0 Å². The van der Waals surface area contributed by atoms with Crippen LogP contribution in [0, 0.1) is 0 Å². The van der Waals surface area contributed by atoms with Crippen molar-refractivity contribution in [3.05, 3.63) is 23.8 Å². The van der Waals surface area contributed by atoms with Gasteiger partial charge in [-0.05, 0) is 20.3 Å². The minimum absolute atomic E-state index is 0.0426. The predicted molar refractivity (Wildman–Crippen MR) is 51.4 cm³/mol. The van der Waals surface area contributed by atoms with E-state index in [1.54, 1.807) is 0 Å². The number of ether oxygens (including phenoxy) is 1. The largest absolute Gasteiger partial charge is 0.396 e. The molecule has 1 N–H and O–H groups in total. The summed E-state index contributed by atoms with van der Waals surface area (Å²) in [7, 11) is 0. The molecule has 0 atom stereocenters. The molecule has 0 amide bonds. The fraction of sp³-hybridized carbons (Fsp3) is 0.400. The van der Waals surface area contributed by atoms with Crippen molar-refractivity contribution in [2.45, 2.75) is 20.3 Å². The van der Waals surface area contributed by atoms with Gasteiger partial charge in [0.05, 0.1) is 0 Å². The van der Waals surface area contributed by atoms with Crippen molar-refractivity contribution in [2.24, 2.45) is 0 Å². The first-order valence-electron chi connectivity index (χ1n) is 4.18. The normalized spacial score (nSPS) is 10.9. The van der Waals surface area contributed by atoms with Gasteiger partial charge in [0.15, 0.2) is 0 Å². The molecule has 0 aliphatic rings. The summed E-state index contributed by atoms with van der Waals surface area (Å²) < 4.78 is 4.44. The fourth-order valence-electron chi connectivity index (χ4n) is 0.616. The van der Waals surface area contributed by atoms with Gasteiger partial charge >= 0.3 is 11.9 Å². The van der Waals surface area contributed by atoms with Crippen LogP contribution in [0.15, 0.2) is 23.8 Å². The number of hydrogen-bond donors (Lipinski definition) is 1. The maximum atomic E-state index is 11.1. The number of hydrogen-bond acceptors (Lipinski definition) is 4. The topological polar surface area (TPSA) is 63.6 Å². The molecule has 0 heterocycles. The van der Waals surface area contributed by atoms with Gasteiger partial charge in [0.25, 0.3) is 0 Å². The van der Waals surface area contributed by atoms with Gasteiger partial charge in [-0.1, -0.05) is 12.7 Å². The Balaban J connectivity index is 4.21. The first kappa shape index (κ1) is 12.6. The Bertz CT molecular complexity index is 276. The van der Waals surface area contributed by atoms with E-state index in [2.05, 4.69) is 11.3 Å². The van der Waals surface area contributed by atoms with E-state index in [1.165, 1.54) is 19.9 Å². The highest BCUT2D eigenvalue weighted by atomic mass is 16.6. The SMILES string of the molecule is C=C(C)C(=O)OC(=O)C(C)=CCCO. The van der Waals surface area contributed by atoms with Crippen LogP contribution in [0.4, 0.5) is 0 Å². The van der Waals surface area contributed by atoms with Gasteiger partial charge in [-0.2, -0.15) is 0 Å². The summed E-state index contributed by atoms with van der Waals surface area (Å²) in [6.07, 6.45) is 1.87. The third-order valence-electron chi connectivity index (χ3n) is 1.44. The van der Waals surface area contributed by atoms with Crippen molar-refractivity contribution in [2.75, 3.05) is 6.61 Å². The van der Waals surface area contributed by atoms with Crippen LogP contribution in [0.5, 0.6) is 0 Å². The van der Waals surface area contributed by atoms with Crippen molar-refractivity contribution < 1.29 is 19.4 Å². The molecule has 0 rings (SSSR count). The van der Waals surface area contributed by atoms with E-state index in [9.17, 15) is 9.59 Å². The molecular formula is C10H14O4. The van der Waals surface area contributed by atoms with Crippen LogP contribution in [-0.2, 0) is 14.3 Å². The molecule has 14 heavy (non-hydrogen) atoms. The quantitative estimate of drug-likeness (QED) is 0.415. The highest BCUT2D eigenvalue weighted by Gasteiger charge is 2.11. The Kier molecular flexibility index (Phi) is 5.48. The lowest BCUT2D eigenvalue weighted by atomic mass is 10.2. The summed E-state index contributed by atoms with van der Waals surface area (Å²) in [6, 6.07) is 0. The molecule has 0 aromatic heterocycles. The van der Waals surface area contributed by atoms with E-state index in [-0.39, 0.29) is 12.2 Å². The predicted octanol–water partition coefficient (Wildman–Crippen LogP) is 0.961. The lowest BCUT2D eigenvalue weighted by Crippen LogP contribution is -2.13. The number of carbonyl (C=O) groups excluding carboxylic acids is 2. The van der Waals surface area contributed by atoms with E-state index in [0.29, 0.717) is 12.0 Å². The van der Waals surface area contributed by atoms with Gasteiger partial charge in [-0.15, -0.1) is 0 Å². The maximum absolute atomic E-state index is 11.1. The number of aliphatic hydroxyl groups excluding tert-OH is 1. The number of rotatable bonds is 4. The van der Waals surface area contributed by atoms with E-state index < -0.39 is 11.9 Å². The molecule has 0 radical (unpaired) electrons. The summed E-state index contributed by atoms with van der Waals surface area (Å²) in [6.45, 7) is 6.28. The Morgan fingerprint density at radius 3 is 2.36 bits per heavy atom. The standard InChI is InChI=1S/C10H14O4/c1-7(2)9(12)14-10(13)8(3)5-4-6-11/h5,11H,1,4,6H2,2-3H3. The third-order valence-corrected chi connectivity index (χ3v) is 1.44. The number of aliphatic hydroxyl groups is 1. The molecule has 0 aromatic carbocycles. The first-order chi connectivity index (χ1) is 6.49. The maximum Gasteiger partial charge on any atom is 0.341 e. The molecule has 0 unspecified atom stereocenters. The summed E-state index contributed by atoms with van der Waals surface area (Å²) in [5.74, 6) is -1.43. The van der Waals surface area contributed by atoms with Crippen LogP contribution < -0.4 is 0 Å². The van der Waals surface area contributed by atoms with E-state index in [4.69, 9.17) is 5.11 Å². The molecule has 0 spiro atoms. The van der Waals surface area contributed by atoms with E-state index >= 15 is 0 Å².